The van der Waals surface area contributed by atoms with Gasteiger partial charge in [0.05, 0.1) is 13.2 Å². The Kier molecular flexibility index (Phi) is 5.45. The molecule has 0 spiro atoms. The van der Waals surface area contributed by atoms with E-state index in [1.807, 2.05) is 39.1 Å². The smallest absolute Gasteiger partial charge is 0.119 e. The fourth-order valence-electron chi connectivity index (χ4n) is 1.84. The van der Waals surface area contributed by atoms with Crippen LogP contribution in [0.3, 0.4) is 0 Å². The van der Waals surface area contributed by atoms with Crippen molar-refractivity contribution in [2.45, 2.75) is 39.0 Å². The van der Waals surface area contributed by atoms with Crippen molar-refractivity contribution in [1.29, 1.82) is 0 Å². The first-order chi connectivity index (χ1) is 8.08. The van der Waals surface area contributed by atoms with Crippen molar-refractivity contribution in [2.75, 3.05) is 14.2 Å². The number of aliphatic hydroxyl groups excluding tert-OH is 1. The number of methoxy groups -OCH3 is 1. The summed E-state index contributed by atoms with van der Waals surface area (Å²) in [4.78, 5) is 2.16. The SMILES string of the molecule is CCC(O)C(C)N(C)Cc1cccc(OC)c1. The van der Waals surface area contributed by atoms with Crippen LogP contribution in [0.1, 0.15) is 25.8 Å². The van der Waals surface area contributed by atoms with E-state index in [0.29, 0.717) is 0 Å². The summed E-state index contributed by atoms with van der Waals surface area (Å²) in [6.07, 6.45) is 0.509. The number of benzene rings is 1. The third kappa shape index (κ3) is 4.02. The molecule has 0 aliphatic carbocycles. The van der Waals surface area contributed by atoms with E-state index in [0.717, 1.165) is 18.7 Å². The topological polar surface area (TPSA) is 32.7 Å². The number of ether oxygens (including phenoxy) is 1. The molecule has 0 aliphatic rings. The van der Waals surface area contributed by atoms with Gasteiger partial charge in [-0.2, -0.15) is 0 Å². The van der Waals surface area contributed by atoms with E-state index in [9.17, 15) is 5.11 Å². The second-order valence-corrected chi connectivity index (χ2v) is 4.48. The lowest BCUT2D eigenvalue weighted by atomic mass is 10.1. The average molecular weight is 237 g/mol. The Hall–Kier alpha value is -1.06. The molecule has 1 rings (SSSR count). The van der Waals surface area contributed by atoms with E-state index < -0.39 is 0 Å². The maximum Gasteiger partial charge on any atom is 0.119 e. The van der Waals surface area contributed by atoms with E-state index in [1.165, 1.54) is 5.56 Å². The molecule has 0 saturated heterocycles. The van der Waals surface area contributed by atoms with Gasteiger partial charge in [0.1, 0.15) is 5.75 Å². The Morgan fingerprint density at radius 2 is 2.12 bits per heavy atom. The lowest BCUT2D eigenvalue weighted by Crippen LogP contribution is -2.38. The summed E-state index contributed by atoms with van der Waals surface area (Å²) in [7, 11) is 3.70. The van der Waals surface area contributed by atoms with Crippen LogP contribution in [0.15, 0.2) is 24.3 Å². The monoisotopic (exact) mass is 237 g/mol. The zero-order valence-electron chi connectivity index (χ0n) is 11.2. The Labute approximate surface area is 104 Å². The molecule has 0 radical (unpaired) electrons. The molecule has 0 heterocycles. The Balaban J connectivity index is 2.63. The maximum atomic E-state index is 9.81. The molecule has 3 nitrogen and oxygen atoms in total. The summed E-state index contributed by atoms with van der Waals surface area (Å²) in [5, 5.41) is 9.81. The summed E-state index contributed by atoms with van der Waals surface area (Å²) in [5.41, 5.74) is 1.20. The van der Waals surface area contributed by atoms with E-state index in [-0.39, 0.29) is 12.1 Å². The summed E-state index contributed by atoms with van der Waals surface area (Å²) >= 11 is 0. The highest BCUT2D eigenvalue weighted by Crippen LogP contribution is 2.15. The summed E-state index contributed by atoms with van der Waals surface area (Å²) in [6.45, 7) is 4.87. The molecule has 1 aromatic rings. The molecule has 2 unspecified atom stereocenters. The molecule has 0 bridgehead atoms. The average Bonchev–Trinajstić information content (AvgIpc) is 2.37. The first-order valence-electron chi connectivity index (χ1n) is 6.09. The predicted octanol–water partition coefficient (Wildman–Crippen LogP) is 2.29. The maximum absolute atomic E-state index is 9.81. The van der Waals surface area contributed by atoms with Crippen LogP contribution in [0.2, 0.25) is 0 Å². The van der Waals surface area contributed by atoms with Crippen LogP contribution in [0.4, 0.5) is 0 Å². The molecule has 1 aromatic carbocycles. The van der Waals surface area contributed by atoms with Crippen LogP contribution in [-0.2, 0) is 6.54 Å². The van der Waals surface area contributed by atoms with Gasteiger partial charge in [-0.3, -0.25) is 4.90 Å². The second kappa shape index (κ2) is 6.62. The van der Waals surface area contributed by atoms with Crippen molar-refractivity contribution in [3.63, 3.8) is 0 Å². The quantitative estimate of drug-likeness (QED) is 0.824. The highest BCUT2D eigenvalue weighted by Gasteiger charge is 2.17. The van der Waals surface area contributed by atoms with E-state index >= 15 is 0 Å². The van der Waals surface area contributed by atoms with Crippen molar-refractivity contribution in [1.82, 2.24) is 4.90 Å². The molecular weight excluding hydrogens is 214 g/mol. The predicted molar refractivity (Wildman–Crippen MR) is 70.2 cm³/mol. The van der Waals surface area contributed by atoms with Gasteiger partial charge in [-0.05, 0) is 38.1 Å². The molecule has 0 fully saturated rings. The van der Waals surface area contributed by atoms with Gasteiger partial charge >= 0.3 is 0 Å². The van der Waals surface area contributed by atoms with Gasteiger partial charge in [0.25, 0.3) is 0 Å². The van der Waals surface area contributed by atoms with Gasteiger partial charge in [-0.25, -0.2) is 0 Å². The fraction of sp³-hybridized carbons (Fsp3) is 0.571. The van der Waals surface area contributed by atoms with Gasteiger partial charge in [-0.15, -0.1) is 0 Å². The number of rotatable bonds is 6. The molecule has 96 valence electrons. The number of nitrogens with zero attached hydrogens (tertiary/aromatic N) is 1. The molecule has 17 heavy (non-hydrogen) atoms. The molecule has 0 saturated carbocycles. The van der Waals surface area contributed by atoms with Gasteiger partial charge in [0.2, 0.25) is 0 Å². The minimum atomic E-state index is -0.273. The first-order valence-corrected chi connectivity index (χ1v) is 6.09. The van der Waals surface area contributed by atoms with Crippen molar-refractivity contribution in [3.05, 3.63) is 29.8 Å². The third-order valence-corrected chi connectivity index (χ3v) is 3.24. The molecule has 0 amide bonds. The van der Waals surface area contributed by atoms with Crippen molar-refractivity contribution >= 4 is 0 Å². The molecule has 0 aliphatic heterocycles. The summed E-state index contributed by atoms with van der Waals surface area (Å²) in [6, 6.07) is 8.19. The van der Waals surface area contributed by atoms with Crippen molar-refractivity contribution < 1.29 is 9.84 Å². The Morgan fingerprint density at radius 1 is 1.41 bits per heavy atom. The molecular formula is C14H23NO2. The second-order valence-electron chi connectivity index (χ2n) is 4.48. The largest absolute Gasteiger partial charge is 0.497 e. The van der Waals surface area contributed by atoms with Crippen LogP contribution in [-0.4, -0.2) is 36.3 Å². The van der Waals surface area contributed by atoms with Gasteiger partial charge in [0.15, 0.2) is 0 Å². The molecule has 1 N–H and O–H groups in total. The summed E-state index contributed by atoms with van der Waals surface area (Å²) < 4.78 is 5.20. The van der Waals surface area contributed by atoms with E-state index in [2.05, 4.69) is 11.0 Å². The van der Waals surface area contributed by atoms with Crippen LogP contribution in [0.5, 0.6) is 5.75 Å². The standard InChI is InChI=1S/C14H23NO2/c1-5-14(16)11(2)15(3)10-12-7-6-8-13(9-12)17-4/h6-9,11,14,16H,5,10H2,1-4H3. The van der Waals surface area contributed by atoms with Crippen LogP contribution >= 0.6 is 0 Å². The van der Waals surface area contributed by atoms with Crippen LogP contribution in [0, 0.1) is 0 Å². The van der Waals surface area contributed by atoms with Crippen molar-refractivity contribution in [3.8, 4) is 5.75 Å². The molecule has 2 atom stereocenters. The number of hydrogen-bond acceptors (Lipinski definition) is 3. The van der Waals surface area contributed by atoms with Gasteiger partial charge in [-0.1, -0.05) is 19.1 Å². The van der Waals surface area contributed by atoms with E-state index in [1.54, 1.807) is 7.11 Å². The fourth-order valence-corrected chi connectivity index (χ4v) is 1.84. The van der Waals surface area contributed by atoms with Crippen molar-refractivity contribution in [2.24, 2.45) is 0 Å². The zero-order valence-corrected chi connectivity index (χ0v) is 11.2. The number of aliphatic hydroxyl groups is 1. The number of likely N-dealkylation sites (N-methyl/N-ethyl adjacent to an activating group) is 1. The lowest BCUT2D eigenvalue weighted by Gasteiger charge is -2.28. The minimum absolute atomic E-state index is 0.159. The first kappa shape index (κ1) is 14.0. The highest BCUT2D eigenvalue weighted by atomic mass is 16.5. The lowest BCUT2D eigenvalue weighted by molar-refractivity contribution is 0.0665. The molecule has 0 aromatic heterocycles. The Bertz CT molecular complexity index is 341. The summed E-state index contributed by atoms with van der Waals surface area (Å²) in [5.74, 6) is 0.875. The third-order valence-electron chi connectivity index (χ3n) is 3.24. The number of hydrogen-bond donors (Lipinski definition) is 1. The van der Waals surface area contributed by atoms with Gasteiger partial charge < -0.3 is 9.84 Å². The van der Waals surface area contributed by atoms with E-state index in [4.69, 9.17) is 4.74 Å². The molecule has 3 heteroatoms. The van der Waals surface area contributed by atoms with Crippen LogP contribution in [0.25, 0.3) is 0 Å². The minimum Gasteiger partial charge on any atom is -0.497 e. The normalized spacial score (nSPS) is 14.7. The Morgan fingerprint density at radius 3 is 2.71 bits per heavy atom. The zero-order chi connectivity index (χ0) is 12.8. The highest BCUT2D eigenvalue weighted by molar-refractivity contribution is 5.28. The van der Waals surface area contributed by atoms with Gasteiger partial charge in [0, 0.05) is 12.6 Å². The van der Waals surface area contributed by atoms with Crippen LogP contribution < -0.4 is 4.74 Å².